The van der Waals surface area contributed by atoms with Gasteiger partial charge in [0.2, 0.25) is 17.5 Å². The number of benzene rings is 2. The molecule has 6 nitrogen and oxygen atoms in total. The van der Waals surface area contributed by atoms with Crippen LogP contribution in [-0.2, 0) is 12.8 Å². The maximum atomic E-state index is 11.9. The largest absolute Gasteiger partial charge is 0.493 e. The van der Waals surface area contributed by atoms with Gasteiger partial charge in [-0.3, -0.25) is 9.52 Å². The van der Waals surface area contributed by atoms with Crippen molar-refractivity contribution in [1.82, 2.24) is 14.9 Å². The number of nitrogens with zero attached hydrogens (tertiary/aromatic N) is 2. The molecule has 0 unspecified atom stereocenters. The first-order chi connectivity index (χ1) is 14.0. The SMILES string of the molecule is CSNCC(=O)c1noc(Cc2ccc(OCCc3ccc(Cl)c(Cl)c3)cc2)n1. The third kappa shape index (κ3) is 6.47. The van der Waals surface area contributed by atoms with Gasteiger partial charge in [0.05, 0.1) is 29.6 Å². The van der Waals surface area contributed by atoms with Crippen LogP contribution in [0.15, 0.2) is 47.0 Å². The number of halogens is 2. The standard InChI is InChI=1S/C20H19Cl2N3O3S/c1-29-23-12-18(26)20-24-19(28-25-20)11-13-2-5-15(6-3-13)27-9-8-14-4-7-16(21)17(22)10-14/h2-7,10,23H,8-9,11-12H2,1H3. The molecule has 0 fully saturated rings. The van der Waals surface area contributed by atoms with Gasteiger partial charge in [-0.15, -0.1) is 0 Å². The zero-order chi connectivity index (χ0) is 20.6. The summed E-state index contributed by atoms with van der Waals surface area (Å²) in [6.45, 7) is 0.685. The summed E-state index contributed by atoms with van der Waals surface area (Å²) in [7, 11) is 0. The van der Waals surface area contributed by atoms with Gasteiger partial charge in [0.15, 0.2) is 0 Å². The molecule has 0 aliphatic heterocycles. The predicted molar refractivity (Wildman–Crippen MR) is 115 cm³/mol. The summed E-state index contributed by atoms with van der Waals surface area (Å²) < 4.78 is 13.8. The molecule has 9 heteroatoms. The van der Waals surface area contributed by atoms with Crippen LogP contribution in [0, 0.1) is 0 Å². The van der Waals surface area contributed by atoms with E-state index in [4.69, 9.17) is 32.5 Å². The van der Waals surface area contributed by atoms with E-state index in [1.165, 1.54) is 11.9 Å². The van der Waals surface area contributed by atoms with Crippen LogP contribution >= 0.6 is 35.1 Å². The van der Waals surface area contributed by atoms with E-state index in [1.54, 1.807) is 6.07 Å². The second-order valence-corrected chi connectivity index (χ2v) is 7.64. The quantitative estimate of drug-likeness (QED) is 0.355. The van der Waals surface area contributed by atoms with Crippen molar-refractivity contribution in [3.63, 3.8) is 0 Å². The highest BCUT2D eigenvalue weighted by Crippen LogP contribution is 2.23. The van der Waals surface area contributed by atoms with Crippen molar-refractivity contribution in [3.05, 3.63) is 75.4 Å². The van der Waals surface area contributed by atoms with E-state index < -0.39 is 0 Å². The van der Waals surface area contributed by atoms with E-state index in [2.05, 4.69) is 14.9 Å². The molecular formula is C20H19Cl2N3O3S. The molecule has 0 spiro atoms. The zero-order valence-electron chi connectivity index (χ0n) is 15.7. The second kappa shape index (κ2) is 10.6. The maximum absolute atomic E-state index is 11.9. The normalized spacial score (nSPS) is 10.9. The number of nitrogens with one attached hydrogen (secondary N) is 1. The van der Waals surface area contributed by atoms with Crippen LogP contribution in [0.4, 0.5) is 0 Å². The number of carbonyl (C=O) groups is 1. The Bertz CT molecular complexity index is 964. The van der Waals surface area contributed by atoms with Gasteiger partial charge in [0.1, 0.15) is 5.75 Å². The molecule has 152 valence electrons. The fraction of sp³-hybridized carbons (Fsp3) is 0.250. The highest BCUT2D eigenvalue weighted by Gasteiger charge is 2.14. The summed E-state index contributed by atoms with van der Waals surface area (Å²) in [5.41, 5.74) is 2.04. The van der Waals surface area contributed by atoms with E-state index in [0.29, 0.717) is 29.0 Å². The van der Waals surface area contributed by atoms with Crippen LogP contribution in [0.3, 0.4) is 0 Å². The third-order valence-corrected chi connectivity index (χ3v) is 5.19. The summed E-state index contributed by atoms with van der Waals surface area (Å²) in [5, 5.41) is 4.82. The van der Waals surface area contributed by atoms with Crippen molar-refractivity contribution in [1.29, 1.82) is 0 Å². The van der Waals surface area contributed by atoms with Crippen LogP contribution in [0.25, 0.3) is 0 Å². The average Bonchev–Trinajstić information content (AvgIpc) is 3.19. The van der Waals surface area contributed by atoms with Gasteiger partial charge < -0.3 is 9.26 Å². The Kier molecular flexibility index (Phi) is 7.94. The molecule has 1 heterocycles. The molecule has 3 rings (SSSR count). The molecule has 2 aromatic carbocycles. The monoisotopic (exact) mass is 451 g/mol. The first-order valence-corrected chi connectivity index (χ1v) is 10.8. The lowest BCUT2D eigenvalue weighted by Crippen LogP contribution is -2.17. The van der Waals surface area contributed by atoms with Crippen LogP contribution in [0.2, 0.25) is 10.0 Å². The van der Waals surface area contributed by atoms with E-state index in [0.717, 1.165) is 23.3 Å². The van der Waals surface area contributed by atoms with Gasteiger partial charge in [-0.25, -0.2) is 0 Å². The van der Waals surface area contributed by atoms with Crippen molar-refractivity contribution in [3.8, 4) is 5.75 Å². The molecule has 29 heavy (non-hydrogen) atoms. The molecule has 0 saturated carbocycles. The summed E-state index contributed by atoms with van der Waals surface area (Å²) >= 11 is 13.3. The van der Waals surface area contributed by atoms with Crippen LogP contribution < -0.4 is 9.46 Å². The van der Waals surface area contributed by atoms with Crippen molar-refractivity contribution >= 4 is 40.9 Å². The number of hydrogen-bond acceptors (Lipinski definition) is 7. The number of rotatable bonds is 10. The Morgan fingerprint density at radius 2 is 1.90 bits per heavy atom. The van der Waals surface area contributed by atoms with Gasteiger partial charge in [-0.1, -0.05) is 58.5 Å². The molecule has 1 aromatic heterocycles. The Morgan fingerprint density at radius 1 is 1.14 bits per heavy atom. The van der Waals surface area contributed by atoms with E-state index in [9.17, 15) is 4.79 Å². The topological polar surface area (TPSA) is 77.2 Å². The van der Waals surface area contributed by atoms with Crippen molar-refractivity contribution < 1.29 is 14.1 Å². The smallest absolute Gasteiger partial charge is 0.239 e. The van der Waals surface area contributed by atoms with Gasteiger partial charge in [-0.2, -0.15) is 4.98 Å². The number of ketones is 1. The van der Waals surface area contributed by atoms with Gasteiger partial charge in [0, 0.05) is 6.42 Å². The minimum absolute atomic E-state index is 0.0869. The third-order valence-electron chi connectivity index (χ3n) is 4.02. The summed E-state index contributed by atoms with van der Waals surface area (Å²) in [4.78, 5) is 16.0. The van der Waals surface area contributed by atoms with Crippen molar-refractivity contribution in [2.75, 3.05) is 19.4 Å². The molecule has 0 amide bonds. The molecular weight excluding hydrogens is 433 g/mol. The summed E-state index contributed by atoms with van der Waals surface area (Å²) in [6.07, 6.45) is 3.01. The Labute approximate surface area is 183 Å². The van der Waals surface area contributed by atoms with Gasteiger partial charge in [0.25, 0.3) is 0 Å². The molecule has 1 N–H and O–H groups in total. The molecule has 0 aliphatic carbocycles. The molecule has 0 atom stereocenters. The highest BCUT2D eigenvalue weighted by molar-refractivity contribution is 7.96. The lowest BCUT2D eigenvalue weighted by atomic mass is 10.1. The fourth-order valence-electron chi connectivity index (χ4n) is 2.52. The fourth-order valence-corrected chi connectivity index (χ4v) is 3.11. The zero-order valence-corrected chi connectivity index (χ0v) is 18.0. The maximum Gasteiger partial charge on any atom is 0.239 e. The number of Topliss-reactive ketones (excluding diaryl/α,β-unsaturated/α-hetero) is 1. The van der Waals surface area contributed by atoms with E-state index in [-0.39, 0.29) is 18.2 Å². The van der Waals surface area contributed by atoms with Crippen molar-refractivity contribution in [2.24, 2.45) is 0 Å². The highest BCUT2D eigenvalue weighted by atomic mass is 35.5. The predicted octanol–water partition coefficient (Wildman–Crippen LogP) is 4.64. The number of hydrogen-bond donors (Lipinski definition) is 1. The first kappa shape index (κ1) is 21.6. The van der Waals surface area contributed by atoms with E-state index >= 15 is 0 Å². The van der Waals surface area contributed by atoms with E-state index in [1.807, 2.05) is 42.7 Å². The average molecular weight is 452 g/mol. The van der Waals surface area contributed by atoms with Gasteiger partial charge in [-0.05, 0) is 41.6 Å². The molecule has 0 saturated heterocycles. The van der Waals surface area contributed by atoms with Crippen LogP contribution in [0.5, 0.6) is 5.75 Å². The Morgan fingerprint density at radius 3 is 2.62 bits per heavy atom. The number of aromatic nitrogens is 2. The molecule has 0 aliphatic rings. The van der Waals surface area contributed by atoms with Crippen LogP contribution in [0.1, 0.15) is 27.6 Å². The lowest BCUT2D eigenvalue weighted by Gasteiger charge is -2.07. The summed E-state index contributed by atoms with van der Waals surface area (Å²) in [5.74, 6) is 1.04. The second-order valence-electron chi connectivity index (χ2n) is 6.13. The number of ether oxygens (including phenoxy) is 1. The molecule has 0 bridgehead atoms. The number of carbonyl (C=O) groups excluding carboxylic acids is 1. The summed E-state index contributed by atoms with van der Waals surface area (Å²) in [6, 6.07) is 13.2. The molecule has 3 aromatic rings. The molecule has 0 radical (unpaired) electrons. The van der Waals surface area contributed by atoms with Crippen molar-refractivity contribution in [2.45, 2.75) is 12.8 Å². The van der Waals surface area contributed by atoms with Crippen LogP contribution in [-0.4, -0.2) is 35.3 Å². The Hall–Kier alpha value is -2.06. The minimum Gasteiger partial charge on any atom is -0.493 e. The lowest BCUT2D eigenvalue weighted by molar-refractivity contribution is 0.0985. The van der Waals surface area contributed by atoms with Gasteiger partial charge >= 0.3 is 0 Å². The Balaban J connectivity index is 1.49. The first-order valence-electron chi connectivity index (χ1n) is 8.82. The minimum atomic E-state index is -0.208.